The van der Waals surface area contributed by atoms with E-state index in [0.717, 1.165) is 35.1 Å². The van der Waals surface area contributed by atoms with Gasteiger partial charge in [-0.3, -0.25) is 9.69 Å². The summed E-state index contributed by atoms with van der Waals surface area (Å²) in [7, 11) is 0. The highest BCUT2D eigenvalue weighted by molar-refractivity contribution is 7.73. The third kappa shape index (κ3) is 3.71. The number of piperazine rings is 1. The van der Waals surface area contributed by atoms with E-state index in [-0.39, 0.29) is 11.6 Å². The van der Waals surface area contributed by atoms with Crippen LogP contribution in [-0.4, -0.2) is 46.6 Å². The normalized spacial score (nSPS) is 15.7. The summed E-state index contributed by atoms with van der Waals surface area (Å²) in [5.74, 6) is -0.464. The Balaban J connectivity index is 1.64. The Hall–Kier alpha value is -1.64. The molecule has 0 radical (unpaired) electrons. The Labute approximate surface area is 149 Å². The summed E-state index contributed by atoms with van der Waals surface area (Å²) < 4.78 is 16.9. The van der Waals surface area contributed by atoms with Crippen molar-refractivity contribution in [3.63, 3.8) is 0 Å². The second kappa shape index (κ2) is 7.08. The van der Waals surface area contributed by atoms with Crippen LogP contribution in [0.25, 0.3) is 0 Å². The van der Waals surface area contributed by atoms with E-state index in [1.807, 2.05) is 16.5 Å². The highest BCUT2D eigenvalue weighted by atomic mass is 32.1. The second-order valence-electron chi connectivity index (χ2n) is 5.86. The molecule has 0 N–H and O–H groups in total. The molecule has 1 fully saturated rings. The number of carbonyl (C=O) groups is 1. The molecule has 0 bridgehead atoms. The number of benzene rings is 1. The van der Waals surface area contributed by atoms with Crippen molar-refractivity contribution in [2.45, 2.75) is 20.5 Å². The first-order chi connectivity index (χ1) is 11.4. The zero-order valence-corrected chi connectivity index (χ0v) is 15.3. The van der Waals surface area contributed by atoms with Crippen LogP contribution in [0.4, 0.5) is 10.1 Å². The van der Waals surface area contributed by atoms with Gasteiger partial charge in [-0.2, -0.15) is 5.10 Å². The number of hydrogen-bond donors (Lipinski definition) is 0. The smallest absolute Gasteiger partial charge is 0.180 e. The largest absolute Gasteiger partial charge is 0.367 e. The minimum absolute atomic E-state index is 0.124. The number of aryl methyl sites for hydroxylation is 1. The number of carbonyl (C=O) groups excluding carboxylic acids is 1. The number of halogens is 1. The number of anilines is 1. The monoisotopic (exact) mass is 366 g/mol. The maximum Gasteiger partial charge on any atom is 0.180 e. The summed E-state index contributed by atoms with van der Waals surface area (Å²) >= 11 is 6.81. The van der Waals surface area contributed by atoms with Gasteiger partial charge < -0.3 is 4.90 Å². The molecule has 0 amide bonds. The highest BCUT2D eigenvalue weighted by Crippen LogP contribution is 2.22. The molecule has 1 aliphatic rings. The van der Waals surface area contributed by atoms with Gasteiger partial charge in [0.2, 0.25) is 0 Å². The standard InChI is InChI=1S/C16H19FN4OS2/c1-11(22)13-3-4-15(14(17)9-13)20-7-5-19(6-8-20)10-21-16(23)24-12(2)18-21/h3-4,9H,5-8,10H2,1-2H3. The average molecular weight is 366 g/mol. The molecule has 0 saturated carbocycles. The van der Waals surface area contributed by atoms with Crippen LogP contribution >= 0.6 is 23.6 Å². The number of Topliss-reactive ketones (excluding diaryl/α,β-unsaturated/α-hetero) is 1. The van der Waals surface area contributed by atoms with Gasteiger partial charge in [0.05, 0.1) is 12.4 Å². The van der Waals surface area contributed by atoms with Gasteiger partial charge in [0.15, 0.2) is 9.74 Å². The van der Waals surface area contributed by atoms with E-state index < -0.39 is 0 Å². The van der Waals surface area contributed by atoms with E-state index in [9.17, 15) is 9.18 Å². The lowest BCUT2D eigenvalue weighted by atomic mass is 10.1. The maximum absolute atomic E-state index is 14.3. The van der Waals surface area contributed by atoms with Crippen LogP contribution in [0, 0.1) is 16.7 Å². The van der Waals surface area contributed by atoms with Gasteiger partial charge in [-0.25, -0.2) is 9.07 Å². The zero-order valence-electron chi connectivity index (χ0n) is 13.7. The predicted octanol–water partition coefficient (Wildman–Crippen LogP) is 3.10. The van der Waals surface area contributed by atoms with Gasteiger partial charge in [0.25, 0.3) is 0 Å². The number of ketones is 1. The molecule has 0 aliphatic carbocycles. The molecule has 2 aromatic rings. The quantitative estimate of drug-likeness (QED) is 0.614. The Morgan fingerprint density at radius 1 is 1.33 bits per heavy atom. The molecule has 1 aromatic carbocycles. The molecule has 0 atom stereocenters. The Kier molecular flexibility index (Phi) is 5.07. The van der Waals surface area contributed by atoms with Crippen molar-refractivity contribution in [2.24, 2.45) is 0 Å². The lowest BCUT2D eigenvalue weighted by Gasteiger charge is -2.36. The molecule has 24 heavy (non-hydrogen) atoms. The van der Waals surface area contributed by atoms with E-state index >= 15 is 0 Å². The summed E-state index contributed by atoms with van der Waals surface area (Å²) in [6.07, 6.45) is 0. The lowest BCUT2D eigenvalue weighted by molar-refractivity contribution is 0.101. The fourth-order valence-electron chi connectivity index (χ4n) is 2.80. The van der Waals surface area contributed by atoms with Crippen LogP contribution in [0.3, 0.4) is 0 Å². The van der Waals surface area contributed by atoms with Gasteiger partial charge in [-0.1, -0.05) is 11.3 Å². The number of hydrogen-bond acceptors (Lipinski definition) is 6. The van der Waals surface area contributed by atoms with E-state index in [1.165, 1.54) is 24.3 Å². The van der Waals surface area contributed by atoms with Gasteiger partial charge in [-0.05, 0) is 44.3 Å². The average Bonchev–Trinajstić information content (AvgIpc) is 2.85. The second-order valence-corrected chi connectivity index (χ2v) is 7.68. The third-order valence-corrected chi connectivity index (χ3v) is 5.33. The first-order valence-electron chi connectivity index (χ1n) is 7.76. The molecule has 0 spiro atoms. The summed E-state index contributed by atoms with van der Waals surface area (Å²) in [6.45, 7) is 7.14. The molecule has 128 valence electrons. The summed E-state index contributed by atoms with van der Waals surface area (Å²) in [6, 6.07) is 4.70. The van der Waals surface area contributed by atoms with Crippen molar-refractivity contribution >= 4 is 35.0 Å². The minimum atomic E-state index is -0.339. The van der Waals surface area contributed by atoms with E-state index in [0.29, 0.717) is 17.9 Å². The molecular formula is C16H19FN4OS2. The van der Waals surface area contributed by atoms with Crippen molar-refractivity contribution in [2.75, 3.05) is 31.1 Å². The van der Waals surface area contributed by atoms with Gasteiger partial charge in [0, 0.05) is 31.7 Å². The van der Waals surface area contributed by atoms with E-state index in [1.54, 1.807) is 12.1 Å². The van der Waals surface area contributed by atoms with Crippen molar-refractivity contribution in [3.8, 4) is 0 Å². The van der Waals surface area contributed by atoms with Crippen LogP contribution in [0.1, 0.15) is 22.3 Å². The van der Waals surface area contributed by atoms with Crippen molar-refractivity contribution in [3.05, 3.63) is 38.5 Å². The van der Waals surface area contributed by atoms with Crippen LogP contribution < -0.4 is 4.90 Å². The molecule has 3 rings (SSSR count). The molecule has 2 heterocycles. The predicted molar refractivity (Wildman–Crippen MR) is 95.9 cm³/mol. The van der Waals surface area contributed by atoms with Crippen LogP contribution in [0.5, 0.6) is 0 Å². The number of aromatic nitrogens is 2. The van der Waals surface area contributed by atoms with Gasteiger partial charge >= 0.3 is 0 Å². The van der Waals surface area contributed by atoms with Gasteiger partial charge in [-0.15, -0.1) is 0 Å². The van der Waals surface area contributed by atoms with Crippen LogP contribution in [0.2, 0.25) is 0 Å². The lowest BCUT2D eigenvalue weighted by Crippen LogP contribution is -2.47. The number of rotatable bonds is 4. The molecule has 0 unspecified atom stereocenters. The first-order valence-corrected chi connectivity index (χ1v) is 8.99. The fourth-order valence-corrected chi connectivity index (χ4v) is 3.86. The van der Waals surface area contributed by atoms with Gasteiger partial charge in [0.1, 0.15) is 10.8 Å². The first kappa shape index (κ1) is 17.2. The van der Waals surface area contributed by atoms with E-state index in [2.05, 4.69) is 10.00 Å². The summed E-state index contributed by atoms with van der Waals surface area (Å²) in [5.41, 5.74) is 0.962. The summed E-state index contributed by atoms with van der Waals surface area (Å²) in [4.78, 5) is 15.6. The number of nitrogens with zero attached hydrogens (tertiary/aromatic N) is 4. The molecular weight excluding hydrogens is 347 g/mol. The molecule has 1 saturated heterocycles. The SMILES string of the molecule is CC(=O)c1ccc(N2CCN(Cn3nc(C)sc3=S)CC2)c(F)c1. The van der Waals surface area contributed by atoms with Crippen molar-refractivity contribution < 1.29 is 9.18 Å². The molecule has 1 aromatic heterocycles. The maximum atomic E-state index is 14.3. The van der Waals surface area contributed by atoms with E-state index in [4.69, 9.17) is 12.2 Å². The summed E-state index contributed by atoms with van der Waals surface area (Å²) in [5, 5.41) is 5.37. The van der Waals surface area contributed by atoms with Crippen LogP contribution in [-0.2, 0) is 6.67 Å². The molecule has 8 heteroatoms. The van der Waals surface area contributed by atoms with Crippen molar-refractivity contribution in [1.29, 1.82) is 0 Å². The molecule has 5 nitrogen and oxygen atoms in total. The Bertz CT molecular complexity index is 809. The van der Waals surface area contributed by atoms with Crippen LogP contribution in [0.15, 0.2) is 18.2 Å². The fraction of sp³-hybridized carbons (Fsp3) is 0.438. The zero-order chi connectivity index (χ0) is 17.3. The minimum Gasteiger partial charge on any atom is -0.367 e. The Morgan fingerprint density at radius 3 is 2.58 bits per heavy atom. The third-order valence-electron chi connectivity index (χ3n) is 4.11. The highest BCUT2D eigenvalue weighted by Gasteiger charge is 2.20. The topological polar surface area (TPSA) is 41.4 Å². The molecule has 1 aliphatic heterocycles. The van der Waals surface area contributed by atoms with Crippen molar-refractivity contribution in [1.82, 2.24) is 14.7 Å². The Morgan fingerprint density at radius 2 is 2.04 bits per heavy atom.